The molecule has 1 aromatic heterocycles. The van der Waals surface area contributed by atoms with Crippen molar-refractivity contribution in [1.82, 2.24) is 15.1 Å². The quantitative estimate of drug-likeness (QED) is 0.782. The molecular weight excluding hydrogens is 306 g/mol. The van der Waals surface area contributed by atoms with E-state index >= 15 is 0 Å². The summed E-state index contributed by atoms with van der Waals surface area (Å²) >= 11 is 0. The van der Waals surface area contributed by atoms with Crippen LogP contribution in [0, 0.1) is 5.92 Å². The van der Waals surface area contributed by atoms with Crippen LogP contribution in [0.15, 0.2) is 35.1 Å². The average molecular weight is 327 g/mol. The summed E-state index contributed by atoms with van der Waals surface area (Å²) in [7, 11) is 0. The number of rotatable bonds is 7. The predicted molar refractivity (Wildman–Crippen MR) is 87.3 cm³/mol. The number of ether oxygens (including phenoxy) is 1. The monoisotopic (exact) mass is 327 g/mol. The van der Waals surface area contributed by atoms with E-state index in [0.717, 1.165) is 18.4 Å². The minimum Gasteiger partial charge on any atom is -0.484 e. The van der Waals surface area contributed by atoms with Crippen molar-refractivity contribution in [2.45, 2.75) is 44.7 Å². The molecule has 24 heavy (non-hydrogen) atoms. The van der Waals surface area contributed by atoms with Crippen molar-refractivity contribution >= 4 is 5.91 Å². The molecule has 1 amide bonds. The number of nitrogens with zero attached hydrogens (tertiary/aromatic N) is 3. The Morgan fingerprint density at radius 3 is 2.88 bits per heavy atom. The lowest BCUT2D eigenvalue weighted by Crippen LogP contribution is -2.44. The number of carbonyl (C=O) groups excluding carboxylic acids is 1. The standard InChI is InChI=1S/C18H21N3O3/c1-12(13-5-6-13)21(15-7-8-15)17(22)10-23-16-4-2-3-14(9-16)18-20-19-11-24-18/h2-4,9,11-13,15H,5-8,10H2,1H3/t12-/m0/s1. The molecule has 0 N–H and O–H groups in total. The van der Waals surface area contributed by atoms with E-state index in [2.05, 4.69) is 22.0 Å². The number of hydrogen-bond donors (Lipinski definition) is 0. The third-order valence-electron chi connectivity index (χ3n) is 4.77. The molecule has 1 aromatic carbocycles. The van der Waals surface area contributed by atoms with Gasteiger partial charge in [-0.25, -0.2) is 0 Å². The van der Waals surface area contributed by atoms with E-state index in [0.29, 0.717) is 29.6 Å². The zero-order chi connectivity index (χ0) is 16.5. The lowest BCUT2D eigenvalue weighted by atomic mass is 10.1. The molecule has 6 heteroatoms. The van der Waals surface area contributed by atoms with Crippen LogP contribution in [0.2, 0.25) is 0 Å². The summed E-state index contributed by atoms with van der Waals surface area (Å²) in [5.41, 5.74) is 0.780. The Hall–Kier alpha value is -2.37. The fourth-order valence-corrected chi connectivity index (χ4v) is 3.16. The highest BCUT2D eigenvalue weighted by atomic mass is 16.5. The largest absolute Gasteiger partial charge is 0.484 e. The Morgan fingerprint density at radius 1 is 1.38 bits per heavy atom. The van der Waals surface area contributed by atoms with Gasteiger partial charge in [-0.1, -0.05) is 6.07 Å². The first kappa shape index (κ1) is 15.2. The fourth-order valence-electron chi connectivity index (χ4n) is 3.16. The van der Waals surface area contributed by atoms with Crippen LogP contribution in [0.25, 0.3) is 11.5 Å². The molecule has 2 aromatic rings. The van der Waals surface area contributed by atoms with E-state index in [1.165, 1.54) is 19.2 Å². The van der Waals surface area contributed by atoms with Gasteiger partial charge in [0.2, 0.25) is 12.3 Å². The number of aromatic nitrogens is 2. The zero-order valence-corrected chi connectivity index (χ0v) is 13.7. The topological polar surface area (TPSA) is 68.5 Å². The van der Waals surface area contributed by atoms with Crippen molar-refractivity contribution < 1.29 is 13.9 Å². The molecule has 2 aliphatic rings. The zero-order valence-electron chi connectivity index (χ0n) is 13.7. The van der Waals surface area contributed by atoms with Gasteiger partial charge in [0.15, 0.2) is 6.61 Å². The van der Waals surface area contributed by atoms with Crippen molar-refractivity contribution in [3.63, 3.8) is 0 Å². The normalized spacial score (nSPS) is 18.2. The number of benzene rings is 1. The molecule has 2 fully saturated rings. The van der Waals surface area contributed by atoms with Gasteiger partial charge in [0.05, 0.1) is 0 Å². The van der Waals surface area contributed by atoms with E-state index in [4.69, 9.17) is 9.15 Å². The van der Waals surface area contributed by atoms with Crippen molar-refractivity contribution in [1.29, 1.82) is 0 Å². The predicted octanol–water partition coefficient (Wildman–Crippen LogP) is 2.90. The fraction of sp³-hybridized carbons (Fsp3) is 0.500. The molecule has 6 nitrogen and oxygen atoms in total. The van der Waals surface area contributed by atoms with Crippen molar-refractivity contribution in [2.75, 3.05) is 6.61 Å². The molecule has 4 rings (SSSR count). The van der Waals surface area contributed by atoms with Crippen molar-refractivity contribution in [3.05, 3.63) is 30.7 Å². The average Bonchev–Trinajstić information content (AvgIpc) is 3.53. The summed E-state index contributed by atoms with van der Waals surface area (Å²) in [5.74, 6) is 1.83. The maximum atomic E-state index is 12.6. The molecule has 0 unspecified atom stereocenters. The molecule has 0 saturated heterocycles. The molecule has 0 spiro atoms. The Balaban J connectivity index is 1.40. The highest BCUT2D eigenvalue weighted by Crippen LogP contribution is 2.39. The minimum atomic E-state index is 0.0703. The van der Waals surface area contributed by atoms with Crippen LogP contribution in [0.4, 0.5) is 0 Å². The molecule has 1 heterocycles. The molecule has 0 radical (unpaired) electrons. The SMILES string of the molecule is C[C@@H](C1CC1)N(C(=O)COc1cccc(-c2nnco2)c1)C1CC1. The van der Waals surface area contributed by atoms with Gasteiger partial charge in [0, 0.05) is 17.6 Å². The van der Waals surface area contributed by atoms with Crippen molar-refractivity contribution in [3.8, 4) is 17.2 Å². The van der Waals surface area contributed by atoms with Crippen LogP contribution in [0.3, 0.4) is 0 Å². The number of carbonyl (C=O) groups is 1. The van der Waals surface area contributed by atoms with Gasteiger partial charge in [-0.3, -0.25) is 4.79 Å². The van der Waals surface area contributed by atoms with Crippen LogP contribution >= 0.6 is 0 Å². The van der Waals surface area contributed by atoms with Gasteiger partial charge in [-0.2, -0.15) is 0 Å². The van der Waals surface area contributed by atoms with Crippen LogP contribution in [0.5, 0.6) is 5.75 Å². The van der Waals surface area contributed by atoms with Gasteiger partial charge >= 0.3 is 0 Å². The van der Waals surface area contributed by atoms with Gasteiger partial charge in [-0.15, -0.1) is 10.2 Å². The summed E-state index contributed by atoms with van der Waals surface area (Å²) in [6.07, 6.45) is 6.01. The van der Waals surface area contributed by atoms with Crippen LogP contribution in [0.1, 0.15) is 32.6 Å². The molecule has 2 aliphatic carbocycles. The first-order valence-corrected chi connectivity index (χ1v) is 8.53. The first-order valence-electron chi connectivity index (χ1n) is 8.53. The van der Waals surface area contributed by atoms with Crippen LogP contribution < -0.4 is 4.74 Å². The summed E-state index contributed by atoms with van der Waals surface area (Å²) < 4.78 is 10.9. The van der Waals surface area contributed by atoms with Gasteiger partial charge in [-0.05, 0) is 56.7 Å². The van der Waals surface area contributed by atoms with Gasteiger partial charge < -0.3 is 14.1 Å². The second-order valence-electron chi connectivity index (χ2n) is 6.67. The number of hydrogen-bond acceptors (Lipinski definition) is 5. The first-order chi connectivity index (χ1) is 11.7. The summed E-state index contributed by atoms with van der Waals surface area (Å²) in [6.45, 7) is 2.24. The van der Waals surface area contributed by atoms with Crippen LogP contribution in [-0.2, 0) is 4.79 Å². The maximum absolute atomic E-state index is 12.6. The van der Waals surface area contributed by atoms with Gasteiger partial charge in [0.25, 0.3) is 5.91 Å². The molecule has 0 bridgehead atoms. The summed E-state index contributed by atoms with van der Waals surface area (Å²) in [6, 6.07) is 8.12. The van der Waals surface area contributed by atoms with Gasteiger partial charge in [0.1, 0.15) is 5.75 Å². The molecule has 1 atom stereocenters. The Kier molecular flexibility index (Phi) is 3.96. The Labute approximate surface area is 140 Å². The van der Waals surface area contributed by atoms with E-state index < -0.39 is 0 Å². The second kappa shape index (κ2) is 6.26. The maximum Gasteiger partial charge on any atom is 0.261 e. The van der Waals surface area contributed by atoms with E-state index in [-0.39, 0.29) is 12.5 Å². The molecule has 0 aliphatic heterocycles. The van der Waals surface area contributed by atoms with Crippen LogP contribution in [-0.4, -0.2) is 39.7 Å². The Bertz CT molecular complexity index is 708. The van der Waals surface area contributed by atoms with E-state index in [9.17, 15) is 4.79 Å². The lowest BCUT2D eigenvalue weighted by molar-refractivity contribution is -0.136. The lowest BCUT2D eigenvalue weighted by Gasteiger charge is -2.29. The Morgan fingerprint density at radius 2 is 2.21 bits per heavy atom. The molecule has 2 saturated carbocycles. The highest BCUT2D eigenvalue weighted by molar-refractivity contribution is 5.79. The van der Waals surface area contributed by atoms with E-state index in [1.807, 2.05) is 24.3 Å². The van der Waals surface area contributed by atoms with Crippen molar-refractivity contribution in [2.24, 2.45) is 5.92 Å². The summed E-state index contributed by atoms with van der Waals surface area (Å²) in [5, 5.41) is 7.56. The van der Waals surface area contributed by atoms with E-state index in [1.54, 1.807) is 0 Å². The molecule has 126 valence electrons. The third-order valence-corrected chi connectivity index (χ3v) is 4.77. The minimum absolute atomic E-state index is 0.0703. The third kappa shape index (κ3) is 3.27. The second-order valence-corrected chi connectivity index (χ2v) is 6.67. The highest BCUT2D eigenvalue weighted by Gasteiger charge is 2.41. The number of amides is 1. The summed E-state index contributed by atoms with van der Waals surface area (Å²) in [4.78, 5) is 14.7. The smallest absolute Gasteiger partial charge is 0.261 e. The molecular formula is C18H21N3O3.